The van der Waals surface area contributed by atoms with Crippen molar-refractivity contribution in [2.75, 3.05) is 11.1 Å². The molecule has 0 radical (unpaired) electrons. The van der Waals surface area contributed by atoms with Gasteiger partial charge >= 0.3 is 0 Å². The molecule has 3 aromatic rings. The highest BCUT2D eigenvalue weighted by molar-refractivity contribution is 6.36. The fourth-order valence-electron chi connectivity index (χ4n) is 3.10. The summed E-state index contributed by atoms with van der Waals surface area (Å²) in [5.41, 5.74) is 9.75. The first-order valence-electron chi connectivity index (χ1n) is 9.41. The number of benzene rings is 3. The van der Waals surface area contributed by atoms with E-state index in [1.54, 1.807) is 36.4 Å². The van der Waals surface area contributed by atoms with Crippen LogP contribution in [0.1, 0.15) is 40.9 Å². The van der Waals surface area contributed by atoms with Crippen LogP contribution in [0.3, 0.4) is 0 Å². The number of carbonyl (C=O) groups excluding carboxylic acids is 1. The average molecular weight is 428 g/mol. The molecule has 0 aliphatic heterocycles. The predicted molar refractivity (Wildman–Crippen MR) is 122 cm³/mol. The van der Waals surface area contributed by atoms with Gasteiger partial charge in [0, 0.05) is 27.7 Å². The van der Waals surface area contributed by atoms with Crippen LogP contribution in [0.25, 0.3) is 0 Å². The van der Waals surface area contributed by atoms with Crippen LogP contribution in [0, 0.1) is 0 Å². The zero-order chi connectivity index (χ0) is 20.8. The molecule has 0 fully saturated rings. The topological polar surface area (TPSA) is 67.2 Å². The van der Waals surface area contributed by atoms with Gasteiger partial charge in [-0.25, -0.2) is 0 Å². The third kappa shape index (κ3) is 5.22. The minimum atomic E-state index is -0.159. The molecule has 0 aromatic heterocycles. The summed E-state index contributed by atoms with van der Waals surface area (Å²) < 4.78 is 0. The van der Waals surface area contributed by atoms with E-state index in [2.05, 4.69) is 10.6 Å². The average Bonchev–Trinajstić information content (AvgIpc) is 2.73. The van der Waals surface area contributed by atoms with E-state index in [0.29, 0.717) is 33.5 Å². The molecule has 0 bridgehead atoms. The van der Waals surface area contributed by atoms with Crippen molar-refractivity contribution in [1.29, 1.82) is 0 Å². The number of nitrogens with two attached hydrogens (primary N) is 1. The molecule has 3 aromatic carbocycles. The van der Waals surface area contributed by atoms with Gasteiger partial charge in [0.1, 0.15) is 0 Å². The van der Waals surface area contributed by atoms with Crippen LogP contribution in [-0.2, 0) is 6.54 Å². The van der Waals surface area contributed by atoms with Gasteiger partial charge in [-0.05, 0) is 42.3 Å². The van der Waals surface area contributed by atoms with Gasteiger partial charge in [0.2, 0.25) is 0 Å². The van der Waals surface area contributed by atoms with Crippen LogP contribution >= 0.6 is 23.2 Å². The molecule has 6 heteroatoms. The van der Waals surface area contributed by atoms with Gasteiger partial charge in [0.15, 0.2) is 0 Å². The van der Waals surface area contributed by atoms with E-state index in [0.717, 1.165) is 17.5 Å². The highest BCUT2D eigenvalue weighted by Crippen LogP contribution is 2.27. The number of halogens is 2. The van der Waals surface area contributed by atoms with Crippen molar-refractivity contribution in [2.24, 2.45) is 0 Å². The molecule has 3 rings (SSSR count). The Hall–Kier alpha value is -2.69. The summed E-state index contributed by atoms with van der Waals surface area (Å²) in [4.78, 5) is 12.7. The molecule has 29 heavy (non-hydrogen) atoms. The first-order chi connectivity index (χ1) is 14.0. The number of anilines is 2. The lowest BCUT2D eigenvalue weighted by atomic mass is 10.0. The maximum Gasteiger partial charge on any atom is 0.251 e. The largest absolute Gasteiger partial charge is 0.397 e. The predicted octanol–water partition coefficient (Wildman–Crippen LogP) is 6.07. The summed E-state index contributed by atoms with van der Waals surface area (Å²) in [7, 11) is 0. The second-order valence-electron chi connectivity index (χ2n) is 6.70. The van der Waals surface area contributed by atoms with Crippen molar-refractivity contribution in [2.45, 2.75) is 25.9 Å². The maximum atomic E-state index is 12.7. The van der Waals surface area contributed by atoms with E-state index < -0.39 is 0 Å². The lowest BCUT2D eigenvalue weighted by Crippen LogP contribution is -2.28. The van der Waals surface area contributed by atoms with Crippen LogP contribution < -0.4 is 16.4 Å². The van der Waals surface area contributed by atoms with Crippen LogP contribution in [0.15, 0.2) is 66.7 Å². The molecule has 4 nitrogen and oxygen atoms in total. The molecule has 0 aliphatic rings. The summed E-state index contributed by atoms with van der Waals surface area (Å²) in [5, 5.41) is 7.48. The monoisotopic (exact) mass is 427 g/mol. The number of carbonyl (C=O) groups is 1. The normalized spacial score (nSPS) is 11.7. The Morgan fingerprint density at radius 2 is 1.69 bits per heavy atom. The summed E-state index contributed by atoms with van der Waals surface area (Å²) >= 11 is 12.4. The van der Waals surface area contributed by atoms with Gasteiger partial charge in [-0.2, -0.15) is 0 Å². The third-order valence-corrected chi connectivity index (χ3v) is 5.45. The van der Waals surface area contributed by atoms with Crippen LogP contribution in [0.2, 0.25) is 10.0 Å². The van der Waals surface area contributed by atoms with Crippen LogP contribution in [0.4, 0.5) is 11.4 Å². The Morgan fingerprint density at radius 1 is 1.00 bits per heavy atom. The number of hydrogen-bond donors (Lipinski definition) is 3. The van der Waals surface area contributed by atoms with E-state index in [1.807, 2.05) is 37.3 Å². The highest BCUT2D eigenvalue weighted by atomic mass is 35.5. The lowest BCUT2D eigenvalue weighted by molar-refractivity contribution is 0.0935. The summed E-state index contributed by atoms with van der Waals surface area (Å²) in [6.07, 6.45) is 0.795. The number of amides is 1. The van der Waals surface area contributed by atoms with E-state index in [1.165, 1.54) is 0 Å². The van der Waals surface area contributed by atoms with Gasteiger partial charge in [-0.15, -0.1) is 0 Å². The van der Waals surface area contributed by atoms with E-state index in [-0.39, 0.29) is 11.9 Å². The van der Waals surface area contributed by atoms with Crippen molar-refractivity contribution < 1.29 is 4.79 Å². The molecule has 0 spiro atoms. The quantitative estimate of drug-likeness (QED) is 0.400. The van der Waals surface area contributed by atoms with Gasteiger partial charge < -0.3 is 16.4 Å². The van der Waals surface area contributed by atoms with Gasteiger partial charge in [-0.3, -0.25) is 4.79 Å². The van der Waals surface area contributed by atoms with Crippen molar-refractivity contribution in [3.05, 3.63) is 93.5 Å². The molecule has 1 amide bonds. The summed E-state index contributed by atoms with van der Waals surface area (Å²) in [6.45, 7) is 2.47. The zero-order valence-corrected chi connectivity index (χ0v) is 17.6. The van der Waals surface area contributed by atoms with Crippen molar-refractivity contribution >= 4 is 40.5 Å². The second kappa shape index (κ2) is 9.68. The van der Waals surface area contributed by atoms with Crippen molar-refractivity contribution in [1.82, 2.24) is 5.32 Å². The molecule has 0 saturated heterocycles. The number of nitrogens with one attached hydrogen (secondary N) is 2. The Labute approximate surface area is 181 Å². The Bertz CT molecular complexity index is 972. The number of hydrogen-bond acceptors (Lipinski definition) is 3. The van der Waals surface area contributed by atoms with Gasteiger partial charge in [0.05, 0.1) is 17.4 Å². The minimum absolute atomic E-state index is 0.0508. The van der Waals surface area contributed by atoms with E-state index in [4.69, 9.17) is 28.9 Å². The van der Waals surface area contributed by atoms with Crippen molar-refractivity contribution in [3.63, 3.8) is 0 Å². The van der Waals surface area contributed by atoms with Crippen molar-refractivity contribution in [3.8, 4) is 0 Å². The van der Waals surface area contributed by atoms with E-state index >= 15 is 0 Å². The molecule has 0 saturated carbocycles. The molecule has 150 valence electrons. The standard InChI is InChI=1S/C23H23Cl2N3O/c1-2-21(15-7-4-3-5-8-15)28-23(29)16-11-12-22(20(26)13-16)27-14-17-18(24)9-6-10-19(17)25/h3-13,21,27H,2,14,26H2,1H3,(H,28,29). The first kappa shape index (κ1) is 21.0. The Balaban J connectivity index is 1.69. The number of rotatable bonds is 7. The zero-order valence-electron chi connectivity index (χ0n) is 16.1. The maximum absolute atomic E-state index is 12.7. The molecule has 4 N–H and O–H groups in total. The smallest absolute Gasteiger partial charge is 0.251 e. The highest BCUT2D eigenvalue weighted by Gasteiger charge is 2.15. The Kier molecular flexibility index (Phi) is 7.02. The number of nitrogen functional groups attached to an aromatic ring is 1. The fourth-order valence-corrected chi connectivity index (χ4v) is 3.63. The SMILES string of the molecule is CCC(NC(=O)c1ccc(NCc2c(Cl)cccc2Cl)c(N)c1)c1ccccc1. The molecular weight excluding hydrogens is 405 g/mol. The van der Waals surface area contributed by atoms with Gasteiger partial charge in [0.25, 0.3) is 5.91 Å². The third-order valence-electron chi connectivity index (χ3n) is 4.75. The second-order valence-corrected chi connectivity index (χ2v) is 7.52. The molecule has 0 heterocycles. The molecule has 1 atom stereocenters. The molecule has 0 aliphatic carbocycles. The van der Waals surface area contributed by atoms with Gasteiger partial charge in [-0.1, -0.05) is 66.5 Å². The molecule has 1 unspecified atom stereocenters. The van der Waals surface area contributed by atoms with Crippen LogP contribution in [-0.4, -0.2) is 5.91 Å². The summed E-state index contributed by atoms with van der Waals surface area (Å²) in [6, 6.07) is 20.4. The van der Waals surface area contributed by atoms with E-state index in [9.17, 15) is 4.79 Å². The summed E-state index contributed by atoms with van der Waals surface area (Å²) in [5.74, 6) is -0.159. The van der Waals surface area contributed by atoms with Crippen LogP contribution in [0.5, 0.6) is 0 Å². The fraction of sp³-hybridized carbons (Fsp3) is 0.174. The Morgan fingerprint density at radius 3 is 2.31 bits per heavy atom. The minimum Gasteiger partial charge on any atom is -0.397 e. The lowest BCUT2D eigenvalue weighted by Gasteiger charge is -2.18. The first-order valence-corrected chi connectivity index (χ1v) is 10.2. The molecular formula is C23H23Cl2N3O.